The highest BCUT2D eigenvalue weighted by molar-refractivity contribution is 5.39. The van der Waals surface area contributed by atoms with E-state index in [4.69, 9.17) is 0 Å². The van der Waals surface area contributed by atoms with Gasteiger partial charge in [-0.25, -0.2) is 4.98 Å². The third-order valence-corrected chi connectivity index (χ3v) is 2.79. The summed E-state index contributed by atoms with van der Waals surface area (Å²) in [6.07, 6.45) is 0. The van der Waals surface area contributed by atoms with Gasteiger partial charge in [0.2, 0.25) is 0 Å². The van der Waals surface area contributed by atoms with Crippen molar-refractivity contribution < 1.29 is 0 Å². The summed E-state index contributed by atoms with van der Waals surface area (Å²) in [6, 6.07) is 6.69. The molecule has 3 nitrogen and oxygen atoms in total. The molecular formula is C14H25N3. The van der Waals surface area contributed by atoms with Crippen molar-refractivity contribution in [3.05, 3.63) is 23.9 Å². The van der Waals surface area contributed by atoms with E-state index >= 15 is 0 Å². The largest absolute Gasteiger partial charge is 0.357 e. The normalized spacial score (nSPS) is 11.2. The first-order valence-electron chi connectivity index (χ1n) is 6.40. The van der Waals surface area contributed by atoms with Gasteiger partial charge in [-0.3, -0.25) is 0 Å². The second-order valence-corrected chi connectivity index (χ2v) is 5.22. The van der Waals surface area contributed by atoms with Crippen LogP contribution in [0.25, 0.3) is 0 Å². The van der Waals surface area contributed by atoms with Gasteiger partial charge in [0.25, 0.3) is 0 Å². The molecule has 0 saturated carbocycles. The highest BCUT2D eigenvalue weighted by Crippen LogP contribution is 2.12. The number of pyridine rings is 1. The van der Waals surface area contributed by atoms with E-state index in [1.807, 2.05) is 0 Å². The van der Waals surface area contributed by atoms with E-state index in [1.54, 1.807) is 0 Å². The maximum absolute atomic E-state index is 4.65. The van der Waals surface area contributed by atoms with Crippen molar-refractivity contribution in [2.24, 2.45) is 5.92 Å². The summed E-state index contributed by atoms with van der Waals surface area (Å²) in [5.74, 6) is 1.72. The van der Waals surface area contributed by atoms with Crippen LogP contribution in [-0.2, 0) is 6.54 Å². The predicted octanol–water partition coefficient (Wildman–Crippen LogP) is 2.67. The molecule has 1 heterocycles. The molecule has 1 aromatic heterocycles. The highest BCUT2D eigenvalue weighted by atomic mass is 15.2. The highest BCUT2D eigenvalue weighted by Gasteiger charge is 2.06. The summed E-state index contributed by atoms with van der Waals surface area (Å²) in [5.41, 5.74) is 1.11. The van der Waals surface area contributed by atoms with Crippen molar-refractivity contribution in [1.29, 1.82) is 0 Å². The van der Waals surface area contributed by atoms with Crippen LogP contribution in [-0.4, -0.2) is 24.6 Å². The lowest BCUT2D eigenvalue weighted by Crippen LogP contribution is -2.27. The van der Waals surface area contributed by atoms with Crippen LogP contribution in [0.5, 0.6) is 0 Å². The Balaban J connectivity index is 2.59. The van der Waals surface area contributed by atoms with E-state index in [0.717, 1.165) is 24.6 Å². The summed E-state index contributed by atoms with van der Waals surface area (Å²) >= 11 is 0. The van der Waals surface area contributed by atoms with Crippen LogP contribution in [0.15, 0.2) is 18.2 Å². The predicted molar refractivity (Wildman–Crippen MR) is 74.3 cm³/mol. The molecule has 0 fully saturated rings. The Labute approximate surface area is 105 Å². The van der Waals surface area contributed by atoms with Crippen LogP contribution >= 0.6 is 0 Å². The summed E-state index contributed by atoms with van der Waals surface area (Å²) in [6.45, 7) is 10.6. The standard InChI is InChI=1S/C14H25N3/c1-11(2)9-15-10-13-7-6-8-14(16-13)17(5)12(3)4/h6-8,11-12,15H,9-10H2,1-5H3. The van der Waals surface area contributed by atoms with Gasteiger partial charge in [-0.2, -0.15) is 0 Å². The fourth-order valence-corrected chi connectivity index (χ4v) is 1.52. The quantitative estimate of drug-likeness (QED) is 0.821. The molecule has 0 amide bonds. The monoisotopic (exact) mass is 235 g/mol. The molecule has 0 bridgehead atoms. The molecule has 17 heavy (non-hydrogen) atoms. The molecule has 1 N–H and O–H groups in total. The van der Waals surface area contributed by atoms with Gasteiger partial charge in [0.05, 0.1) is 5.69 Å². The lowest BCUT2D eigenvalue weighted by molar-refractivity contribution is 0.548. The minimum Gasteiger partial charge on any atom is -0.357 e. The SMILES string of the molecule is CC(C)CNCc1cccc(N(C)C(C)C)n1. The first kappa shape index (κ1) is 14.0. The third kappa shape index (κ3) is 4.73. The second kappa shape index (κ2) is 6.60. The number of nitrogens with one attached hydrogen (secondary N) is 1. The Morgan fingerprint density at radius 3 is 2.53 bits per heavy atom. The number of hydrogen-bond acceptors (Lipinski definition) is 3. The molecule has 0 radical (unpaired) electrons. The van der Waals surface area contributed by atoms with Crippen LogP contribution in [0.1, 0.15) is 33.4 Å². The van der Waals surface area contributed by atoms with Crippen LogP contribution in [0, 0.1) is 5.92 Å². The molecule has 0 unspecified atom stereocenters. The maximum Gasteiger partial charge on any atom is 0.128 e. The van der Waals surface area contributed by atoms with E-state index in [-0.39, 0.29) is 0 Å². The topological polar surface area (TPSA) is 28.2 Å². The zero-order valence-electron chi connectivity index (χ0n) is 11.7. The Morgan fingerprint density at radius 1 is 1.24 bits per heavy atom. The molecule has 0 spiro atoms. The van der Waals surface area contributed by atoms with Crippen LogP contribution in [0.4, 0.5) is 5.82 Å². The lowest BCUT2D eigenvalue weighted by atomic mass is 10.2. The molecule has 0 aromatic carbocycles. The number of anilines is 1. The second-order valence-electron chi connectivity index (χ2n) is 5.22. The van der Waals surface area contributed by atoms with Gasteiger partial charge in [0, 0.05) is 19.6 Å². The van der Waals surface area contributed by atoms with E-state index in [0.29, 0.717) is 12.0 Å². The minimum absolute atomic E-state index is 0.473. The van der Waals surface area contributed by atoms with Crippen molar-refractivity contribution in [3.8, 4) is 0 Å². The average molecular weight is 235 g/mol. The summed E-state index contributed by atoms with van der Waals surface area (Å²) < 4.78 is 0. The molecule has 0 aliphatic rings. The third-order valence-electron chi connectivity index (χ3n) is 2.79. The molecule has 3 heteroatoms. The Bertz CT molecular complexity index is 334. The fourth-order valence-electron chi connectivity index (χ4n) is 1.52. The van der Waals surface area contributed by atoms with Gasteiger partial charge in [0.15, 0.2) is 0 Å². The van der Waals surface area contributed by atoms with Gasteiger partial charge >= 0.3 is 0 Å². The van der Waals surface area contributed by atoms with E-state index in [1.165, 1.54) is 0 Å². The summed E-state index contributed by atoms with van der Waals surface area (Å²) in [5, 5.41) is 3.42. The van der Waals surface area contributed by atoms with Crippen molar-refractivity contribution in [1.82, 2.24) is 10.3 Å². The van der Waals surface area contributed by atoms with Crippen molar-refractivity contribution >= 4 is 5.82 Å². The fraction of sp³-hybridized carbons (Fsp3) is 0.643. The van der Waals surface area contributed by atoms with Crippen LogP contribution in [0.3, 0.4) is 0 Å². The summed E-state index contributed by atoms with van der Waals surface area (Å²) in [7, 11) is 2.08. The van der Waals surface area contributed by atoms with Gasteiger partial charge in [-0.05, 0) is 38.4 Å². The van der Waals surface area contributed by atoms with Gasteiger partial charge < -0.3 is 10.2 Å². The number of nitrogens with zero attached hydrogens (tertiary/aromatic N) is 2. The molecule has 1 aromatic rings. The first-order valence-corrected chi connectivity index (χ1v) is 6.40. The number of hydrogen-bond donors (Lipinski definition) is 1. The molecule has 0 saturated heterocycles. The van der Waals surface area contributed by atoms with Crippen molar-refractivity contribution in [2.45, 2.75) is 40.3 Å². The van der Waals surface area contributed by atoms with E-state index < -0.39 is 0 Å². The van der Waals surface area contributed by atoms with Crippen LogP contribution < -0.4 is 10.2 Å². The number of aromatic nitrogens is 1. The smallest absolute Gasteiger partial charge is 0.128 e. The Morgan fingerprint density at radius 2 is 1.94 bits per heavy atom. The van der Waals surface area contributed by atoms with Crippen molar-refractivity contribution in [2.75, 3.05) is 18.5 Å². The molecule has 0 aliphatic carbocycles. The molecule has 96 valence electrons. The molecule has 0 atom stereocenters. The molecule has 1 rings (SSSR count). The van der Waals surface area contributed by atoms with Gasteiger partial charge in [0.1, 0.15) is 5.82 Å². The lowest BCUT2D eigenvalue weighted by Gasteiger charge is -2.23. The zero-order valence-corrected chi connectivity index (χ0v) is 11.7. The molecule has 0 aliphatic heterocycles. The van der Waals surface area contributed by atoms with E-state index in [2.05, 4.69) is 68.1 Å². The minimum atomic E-state index is 0.473. The Kier molecular flexibility index (Phi) is 5.42. The van der Waals surface area contributed by atoms with E-state index in [9.17, 15) is 0 Å². The number of rotatable bonds is 6. The zero-order chi connectivity index (χ0) is 12.8. The first-order chi connectivity index (χ1) is 8.00. The van der Waals surface area contributed by atoms with Gasteiger partial charge in [-0.1, -0.05) is 19.9 Å². The van der Waals surface area contributed by atoms with Crippen LogP contribution in [0.2, 0.25) is 0 Å². The average Bonchev–Trinajstić information content (AvgIpc) is 2.28. The molecular weight excluding hydrogens is 210 g/mol. The van der Waals surface area contributed by atoms with Gasteiger partial charge in [-0.15, -0.1) is 0 Å². The Hall–Kier alpha value is -1.09. The van der Waals surface area contributed by atoms with Crippen molar-refractivity contribution in [3.63, 3.8) is 0 Å². The summed E-state index contributed by atoms with van der Waals surface area (Å²) in [4.78, 5) is 6.84. The maximum atomic E-state index is 4.65.